The molecule has 2 aromatic rings. The number of Topliss-reactive ketones (excluding diaryl/α,β-unsaturated/α-hetero) is 1. The Morgan fingerprint density at radius 3 is 2.71 bits per heavy atom. The van der Waals surface area contributed by atoms with Crippen LogP contribution in [0.2, 0.25) is 0 Å². The number of rotatable bonds is 2. The quantitative estimate of drug-likeness (QED) is 0.798. The molecule has 110 valence electrons. The van der Waals surface area contributed by atoms with Crippen molar-refractivity contribution in [1.29, 1.82) is 0 Å². The molecule has 2 saturated carbocycles. The minimum absolute atomic E-state index is 0.0758. The molecule has 21 heavy (non-hydrogen) atoms. The van der Waals surface area contributed by atoms with E-state index in [0.29, 0.717) is 5.78 Å². The summed E-state index contributed by atoms with van der Waals surface area (Å²) in [7, 11) is 0. The van der Waals surface area contributed by atoms with Crippen LogP contribution in [0.5, 0.6) is 0 Å². The van der Waals surface area contributed by atoms with E-state index >= 15 is 0 Å². The zero-order valence-electron chi connectivity index (χ0n) is 12.6. The van der Waals surface area contributed by atoms with Crippen LogP contribution in [0.1, 0.15) is 33.6 Å². The number of thiazole rings is 1. The molecule has 2 aliphatic rings. The molecule has 1 aromatic heterocycles. The molecule has 2 nitrogen and oxygen atoms in total. The summed E-state index contributed by atoms with van der Waals surface area (Å²) in [5, 5.41) is 0.0758. The third kappa shape index (κ3) is 1.72. The fraction of sp³-hybridized carbons (Fsp3) is 0.529. The Hall–Kier alpha value is -0.870. The van der Waals surface area contributed by atoms with Crippen molar-refractivity contribution in [2.75, 3.05) is 0 Å². The van der Waals surface area contributed by atoms with Gasteiger partial charge >= 0.3 is 0 Å². The smallest absolute Gasteiger partial charge is 0.151 e. The summed E-state index contributed by atoms with van der Waals surface area (Å²) < 4.78 is 2.25. The number of hydrogen-bond acceptors (Lipinski definition) is 4. The fourth-order valence-corrected chi connectivity index (χ4v) is 6.94. The maximum absolute atomic E-state index is 12.8. The zero-order valence-corrected chi connectivity index (χ0v) is 14.2. The molecule has 0 unspecified atom stereocenters. The second-order valence-corrected chi connectivity index (χ2v) is 9.46. The minimum Gasteiger partial charge on any atom is -0.298 e. The topological polar surface area (TPSA) is 30.0 Å². The van der Waals surface area contributed by atoms with Gasteiger partial charge in [-0.25, -0.2) is 4.98 Å². The van der Waals surface area contributed by atoms with Crippen LogP contribution in [0.15, 0.2) is 28.6 Å². The highest BCUT2D eigenvalue weighted by molar-refractivity contribution is 8.02. The van der Waals surface area contributed by atoms with Crippen molar-refractivity contribution >= 4 is 39.1 Å². The third-order valence-electron chi connectivity index (χ3n) is 5.97. The van der Waals surface area contributed by atoms with Crippen LogP contribution in [-0.4, -0.2) is 16.0 Å². The molecule has 0 spiro atoms. The minimum atomic E-state index is 0.0758. The summed E-state index contributed by atoms with van der Waals surface area (Å²) in [6, 6.07) is 8.21. The summed E-state index contributed by atoms with van der Waals surface area (Å²) in [5.74, 6) is 0.701. The molecular weight excluding hydrogens is 298 g/mol. The number of hydrogen-bond donors (Lipinski definition) is 0. The van der Waals surface area contributed by atoms with Gasteiger partial charge in [0.1, 0.15) is 5.78 Å². The Kier molecular flexibility index (Phi) is 2.84. The first kappa shape index (κ1) is 13.8. The number of nitrogens with zero attached hydrogens (tertiary/aromatic N) is 1. The molecular formula is C17H19NOS2. The number of carbonyl (C=O) groups is 1. The van der Waals surface area contributed by atoms with E-state index in [-0.39, 0.29) is 22.0 Å². The molecule has 4 heteroatoms. The van der Waals surface area contributed by atoms with Gasteiger partial charge in [-0.2, -0.15) is 0 Å². The van der Waals surface area contributed by atoms with Crippen molar-refractivity contribution in [3.63, 3.8) is 0 Å². The van der Waals surface area contributed by atoms with Gasteiger partial charge in [0.05, 0.1) is 15.5 Å². The Morgan fingerprint density at radius 1 is 1.29 bits per heavy atom. The molecule has 2 bridgehead atoms. The fourth-order valence-electron chi connectivity index (χ4n) is 4.18. The van der Waals surface area contributed by atoms with E-state index in [2.05, 4.69) is 26.8 Å². The standard InChI is InChI=1S/C17H19NOS2/c1-16(2)10-8-9-17(16,3)14(13(10)19)21-15-18-11-6-4-5-7-12(11)20-15/h4-7,10,14H,8-9H2,1-3H3/t10-,14-,17-/m0/s1. The number of thioether (sulfide) groups is 1. The van der Waals surface area contributed by atoms with E-state index in [0.717, 1.165) is 16.3 Å². The van der Waals surface area contributed by atoms with Crippen LogP contribution in [-0.2, 0) is 4.79 Å². The van der Waals surface area contributed by atoms with Gasteiger partial charge in [0.15, 0.2) is 4.34 Å². The predicted molar refractivity (Wildman–Crippen MR) is 88.9 cm³/mol. The van der Waals surface area contributed by atoms with Gasteiger partial charge in [-0.1, -0.05) is 44.7 Å². The molecule has 1 aromatic carbocycles. The highest BCUT2D eigenvalue weighted by atomic mass is 32.2. The first-order chi connectivity index (χ1) is 9.93. The van der Waals surface area contributed by atoms with Gasteiger partial charge in [-0.15, -0.1) is 11.3 Å². The SMILES string of the molecule is CC1(C)[C@H]2CC[C@@]1(C)[C@@H](Sc1nc3ccccc3s1)C2=O. The molecule has 0 amide bonds. The van der Waals surface area contributed by atoms with Gasteiger partial charge in [0.25, 0.3) is 0 Å². The molecule has 0 radical (unpaired) electrons. The van der Waals surface area contributed by atoms with Crippen LogP contribution < -0.4 is 0 Å². The Morgan fingerprint density at radius 2 is 2.05 bits per heavy atom. The van der Waals surface area contributed by atoms with Crippen molar-refractivity contribution in [1.82, 2.24) is 4.98 Å². The number of carbonyl (C=O) groups excluding carboxylic acids is 1. The third-order valence-corrected chi connectivity index (χ3v) is 8.62. The molecule has 3 atom stereocenters. The number of benzene rings is 1. The summed E-state index contributed by atoms with van der Waals surface area (Å²) >= 11 is 3.42. The van der Waals surface area contributed by atoms with Crippen molar-refractivity contribution < 1.29 is 4.79 Å². The number of ketones is 1. The predicted octanol–water partition coefficient (Wildman–Crippen LogP) is 4.78. The van der Waals surface area contributed by atoms with E-state index in [1.165, 1.54) is 11.1 Å². The highest BCUT2D eigenvalue weighted by Gasteiger charge is 2.66. The average Bonchev–Trinajstić information content (AvgIpc) is 2.98. The molecule has 2 aliphatic carbocycles. The monoisotopic (exact) mass is 317 g/mol. The first-order valence-corrected chi connectivity index (χ1v) is 9.19. The van der Waals surface area contributed by atoms with Gasteiger partial charge < -0.3 is 0 Å². The van der Waals surface area contributed by atoms with E-state index in [4.69, 9.17) is 4.98 Å². The summed E-state index contributed by atoms with van der Waals surface area (Å²) in [6.45, 7) is 6.87. The van der Waals surface area contributed by atoms with Crippen molar-refractivity contribution in [3.05, 3.63) is 24.3 Å². The molecule has 1 heterocycles. The van der Waals surface area contributed by atoms with Crippen LogP contribution in [0.25, 0.3) is 10.2 Å². The van der Waals surface area contributed by atoms with Crippen molar-refractivity contribution in [2.45, 2.75) is 43.2 Å². The highest BCUT2D eigenvalue weighted by Crippen LogP contribution is 2.67. The number of aromatic nitrogens is 1. The maximum Gasteiger partial charge on any atom is 0.151 e. The molecule has 0 N–H and O–H groups in total. The van der Waals surface area contributed by atoms with E-state index in [1.807, 2.05) is 18.2 Å². The lowest BCUT2D eigenvalue weighted by atomic mass is 9.71. The molecule has 0 saturated heterocycles. The van der Waals surface area contributed by atoms with Crippen LogP contribution in [0, 0.1) is 16.7 Å². The lowest BCUT2D eigenvalue weighted by Crippen LogP contribution is -2.35. The Labute approximate surface area is 133 Å². The largest absolute Gasteiger partial charge is 0.298 e. The molecule has 4 rings (SSSR count). The van der Waals surface area contributed by atoms with E-state index < -0.39 is 0 Å². The van der Waals surface area contributed by atoms with Crippen molar-refractivity contribution in [3.8, 4) is 0 Å². The lowest BCUT2D eigenvalue weighted by molar-refractivity contribution is -0.122. The van der Waals surface area contributed by atoms with Gasteiger partial charge in [0.2, 0.25) is 0 Å². The number of para-hydroxylation sites is 1. The normalized spacial score (nSPS) is 34.0. The van der Waals surface area contributed by atoms with Crippen LogP contribution in [0.3, 0.4) is 0 Å². The molecule has 0 aliphatic heterocycles. The first-order valence-electron chi connectivity index (χ1n) is 7.49. The zero-order chi connectivity index (χ0) is 14.8. The van der Waals surface area contributed by atoms with Gasteiger partial charge in [-0.3, -0.25) is 4.79 Å². The second kappa shape index (κ2) is 4.32. The van der Waals surface area contributed by atoms with E-state index in [1.54, 1.807) is 23.1 Å². The average molecular weight is 317 g/mol. The van der Waals surface area contributed by atoms with Gasteiger partial charge in [0, 0.05) is 5.92 Å². The van der Waals surface area contributed by atoms with Gasteiger partial charge in [-0.05, 0) is 35.8 Å². The Bertz CT molecular complexity index is 702. The summed E-state index contributed by atoms with van der Waals surface area (Å²) in [4.78, 5) is 17.5. The summed E-state index contributed by atoms with van der Waals surface area (Å²) in [6.07, 6.45) is 2.23. The van der Waals surface area contributed by atoms with E-state index in [9.17, 15) is 4.79 Å². The lowest BCUT2D eigenvalue weighted by Gasteiger charge is -2.37. The van der Waals surface area contributed by atoms with Crippen molar-refractivity contribution in [2.24, 2.45) is 16.7 Å². The van der Waals surface area contributed by atoms with Crippen LogP contribution in [0.4, 0.5) is 0 Å². The number of fused-ring (bicyclic) bond motifs is 3. The second-order valence-electron chi connectivity index (χ2n) is 7.08. The Balaban J connectivity index is 1.70. The molecule has 2 fully saturated rings. The maximum atomic E-state index is 12.8. The van der Waals surface area contributed by atoms with Crippen LogP contribution >= 0.6 is 23.1 Å². The summed E-state index contributed by atoms with van der Waals surface area (Å²) in [5.41, 5.74) is 1.28.